The zero-order valence-electron chi connectivity index (χ0n) is 13.9. The van der Waals surface area contributed by atoms with Gasteiger partial charge in [-0.2, -0.15) is 17.5 Å². The van der Waals surface area contributed by atoms with E-state index in [0.29, 0.717) is 31.8 Å². The van der Waals surface area contributed by atoms with Crippen molar-refractivity contribution in [3.8, 4) is 0 Å². The van der Waals surface area contributed by atoms with E-state index < -0.39 is 21.8 Å². The Morgan fingerprint density at radius 1 is 1.25 bits per heavy atom. The molecule has 0 spiro atoms. The first-order chi connectivity index (χ1) is 11.2. The van der Waals surface area contributed by atoms with Crippen LogP contribution in [0.15, 0.2) is 23.1 Å². The molecule has 1 fully saturated rings. The Kier molecular flexibility index (Phi) is 5.93. The highest BCUT2D eigenvalue weighted by molar-refractivity contribution is 7.89. The maximum atomic E-state index is 13.0. The smallest absolute Gasteiger partial charge is 0.317 e. The van der Waals surface area contributed by atoms with Gasteiger partial charge in [-0.05, 0) is 56.5 Å². The number of sulfonamides is 1. The summed E-state index contributed by atoms with van der Waals surface area (Å²) in [6.07, 6.45) is -3.14. The Bertz CT molecular complexity index is 666. The van der Waals surface area contributed by atoms with Gasteiger partial charge in [0.1, 0.15) is 0 Å². The van der Waals surface area contributed by atoms with Crippen LogP contribution in [-0.2, 0) is 16.2 Å². The van der Waals surface area contributed by atoms with Crippen LogP contribution in [0.5, 0.6) is 0 Å². The van der Waals surface area contributed by atoms with Crippen LogP contribution >= 0.6 is 0 Å². The molecule has 0 amide bonds. The van der Waals surface area contributed by atoms with E-state index in [9.17, 15) is 21.6 Å². The van der Waals surface area contributed by atoms with Gasteiger partial charge in [-0.15, -0.1) is 0 Å². The van der Waals surface area contributed by atoms with Gasteiger partial charge in [0.25, 0.3) is 0 Å². The van der Waals surface area contributed by atoms with E-state index in [-0.39, 0.29) is 10.5 Å². The van der Waals surface area contributed by atoms with Crippen molar-refractivity contribution in [1.29, 1.82) is 0 Å². The molecule has 1 heterocycles. The zero-order chi connectivity index (χ0) is 18.0. The molecule has 1 saturated heterocycles. The normalized spacial score (nSPS) is 18.0. The molecule has 136 valence electrons. The highest BCUT2D eigenvalue weighted by atomic mass is 32.2. The Balaban J connectivity index is 2.17. The Morgan fingerprint density at radius 2 is 1.88 bits per heavy atom. The van der Waals surface area contributed by atoms with Crippen LogP contribution in [0.3, 0.4) is 0 Å². The fourth-order valence-corrected chi connectivity index (χ4v) is 4.41. The Labute approximate surface area is 141 Å². The molecule has 0 bridgehead atoms. The molecular weight excluding hydrogens is 341 g/mol. The van der Waals surface area contributed by atoms with Crippen LogP contribution in [0.2, 0.25) is 0 Å². The summed E-state index contributed by atoms with van der Waals surface area (Å²) in [5.41, 5.74) is -0.878. The molecule has 0 unspecified atom stereocenters. The molecule has 0 atom stereocenters. The third-order valence-corrected chi connectivity index (χ3v) is 6.30. The van der Waals surface area contributed by atoms with E-state index in [2.05, 4.69) is 5.32 Å². The summed E-state index contributed by atoms with van der Waals surface area (Å²) in [7, 11) is -3.89. The lowest BCUT2D eigenvalue weighted by atomic mass is 9.98. The van der Waals surface area contributed by atoms with E-state index in [4.69, 9.17) is 0 Å². The summed E-state index contributed by atoms with van der Waals surface area (Å²) in [4.78, 5) is -0.287. The fourth-order valence-electron chi connectivity index (χ4n) is 2.92. The van der Waals surface area contributed by atoms with Crippen LogP contribution in [0, 0.1) is 12.8 Å². The van der Waals surface area contributed by atoms with Crippen molar-refractivity contribution < 1.29 is 21.6 Å². The van der Waals surface area contributed by atoms with E-state index in [0.717, 1.165) is 19.2 Å². The molecule has 0 radical (unpaired) electrons. The number of halogens is 3. The van der Waals surface area contributed by atoms with Crippen LogP contribution in [-0.4, -0.2) is 38.9 Å². The molecule has 1 aliphatic heterocycles. The van der Waals surface area contributed by atoms with E-state index in [1.54, 1.807) is 0 Å². The van der Waals surface area contributed by atoms with Gasteiger partial charge in [-0.1, -0.05) is 13.0 Å². The second-order valence-electron chi connectivity index (χ2n) is 6.13. The molecule has 0 aromatic heterocycles. The lowest BCUT2D eigenvalue weighted by Crippen LogP contribution is -2.40. The standard InChI is InChI=1S/C16H23F3N2O2S/c1-3-20-11-13-6-8-21(9-7-13)24(22,23)14-5-4-12(2)15(10-14)16(17,18)19/h4-5,10,13,20H,3,6-9,11H2,1-2H3. The Hall–Kier alpha value is -1.12. The molecule has 1 aliphatic rings. The van der Waals surface area contributed by atoms with Crippen molar-refractivity contribution in [2.45, 2.75) is 37.8 Å². The summed E-state index contributed by atoms with van der Waals surface area (Å²) >= 11 is 0. The maximum absolute atomic E-state index is 13.0. The van der Waals surface area contributed by atoms with Gasteiger partial charge in [0.15, 0.2) is 0 Å². The molecule has 2 rings (SSSR count). The predicted octanol–water partition coefficient (Wildman–Crippen LogP) is 3.02. The summed E-state index contributed by atoms with van der Waals surface area (Å²) in [6.45, 7) is 5.72. The zero-order valence-corrected chi connectivity index (χ0v) is 14.7. The van der Waals surface area contributed by atoms with Gasteiger partial charge in [-0.25, -0.2) is 8.42 Å². The minimum absolute atomic E-state index is 0.0193. The number of benzene rings is 1. The summed E-state index contributed by atoms with van der Waals surface area (Å²) in [5.74, 6) is 0.403. The van der Waals surface area contributed by atoms with Crippen molar-refractivity contribution in [2.24, 2.45) is 5.92 Å². The first-order valence-corrected chi connectivity index (χ1v) is 9.49. The van der Waals surface area contributed by atoms with Crippen molar-refractivity contribution in [3.63, 3.8) is 0 Å². The third-order valence-electron chi connectivity index (χ3n) is 4.41. The van der Waals surface area contributed by atoms with E-state index in [1.807, 2.05) is 6.92 Å². The van der Waals surface area contributed by atoms with E-state index in [1.165, 1.54) is 23.4 Å². The van der Waals surface area contributed by atoms with Gasteiger partial charge < -0.3 is 5.32 Å². The largest absolute Gasteiger partial charge is 0.416 e. The van der Waals surface area contributed by atoms with Gasteiger partial charge in [0, 0.05) is 13.1 Å². The first-order valence-electron chi connectivity index (χ1n) is 8.05. The maximum Gasteiger partial charge on any atom is 0.416 e. The second-order valence-corrected chi connectivity index (χ2v) is 8.07. The number of hydrogen-bond acceptors (Lipinski definition) is 3. The minimum Gasteiger partial charge on any atom is -0.317 e. The molecular formula is C16H23F3N2O2S. The predicted molar refractivity (Wildman–Crippen MR) is 86.2 cm³/mol. The SMILES string of the molecule is CCNCC1CCN(S(=O)(=O)c2ccc(C)c(C(F)(F)F)c2)CC1. The topological polar surface area (TPSA) is 49.4 Å². The lowest BCUT2D eigenvalue weighted by Gasteiger charge is -2.31. The molecule has 1 aromatic carbocycles. The highest BCUT2D eigenvalue weighted by Crippen LogP contribution is 2.34. The van der Waals surface area contributed by atoms with E-state index >= 15 is 0 Å². The molecule has 4 nitrogen and oxygen atoms in total. The van der Waals surface area contributed by atoms with Gasteiger partial charge >= 0.3 is 6.18 Å². The first kappa shape index (κ1) is 19.2. The van der Waals surface area contributed by atoms with Gasteiger partial charge in [0.05, 0.1) is 10.5 Å². The van der Waals surface area contributed by atoms with Crippen molar-refractivity contribution in [3.05, 3.63) is 29.3 Å². The summed E-state index contributed by atoms with van der Waals surface area (Å²) < 4.78 is 65.6. The molecule has 8 heteroatoms. The van der Waals surface area contributed by atoms with Crippen molar-refractivity contribution in [1.82, 2.24) is 9.62 Å². The number of piperidine rings is 1. The van der Waals surface area contributed by atoms with Crippen LogP contribution < -0.4 is 5.32 Å². The molecule has 24 heavy (non-hydrogen) atoms. The second kappa shape index (κ2) is 7.41. The third kappa shape index (κ3) is 4.29. The number of nitrogens with zero attached hydrogens (tertiary/aromatic N) is 1. The molecule has 0 saturated carbocycles. The summed E-state index contributed by atoms with van der Waals surface area (Å²) in [5, 5.41) is 3.24. The number of nitrogens with one attached hydrogen (secondary N) is 1. The number of hydrogen-bond donors (Lipinski definition) is 1. The molecule has 1 aromatic rings. The number of alkyl halides is 3. The monoisotopic (exact) mass is 364 g/mol. The van der Waals surface area contributed by atoms with Crippen molar-refractivity contribution >= 4 is 10.0 Å². The quantitative estimate of drug-likeness (QED) is 0.874. The van der Waals surface area contributed by atoms with Gasteiger partial charge in [-0.3, -0.25) is 0 Å². The highest BCUT2D eigenvalue weighted by Gasteiger charge is 2.35. The molecule has 0 aliphatic carbocycles. The number of rotatable bonds is 5. The fraction of sp³-hybridized carbons (Fsp3) is 0.625. The average molecular weight is 364 g/mol. The van der Waals surface area contributed by atoms with Crippen molar-refractivity contribution in [2.75, 3.05) is 26.2 Å². The van der Waals surface area contributed by atoms with Gasteiger partial charge in [0.2, 0.25) is 10.0 Å². The number of aryl methyl sites for hydroxylation is 1. The average Bonchev–Trinajstić information content (AvgIpc) is 2.52. The summed E-state index contributed by atoms with van der Waals surface area (Å²) in [6, 6.07) is 3.22. The molecule has 1 N–H and O–H groups in total. The lowest BCUT2D eigenvalue weighted by molar-refractivity contribution is -0.138. The van der Waals surface area contributed by atoms with Crippen LogP contribution in [0.1, 0.15) is 30.9 Å². The minimum atomic E-state index is -4.56. The van der Waals surface area contributed by atoms with Crippen LogP contribution in [0.4, 0.5) is 13.2 Å². The Morgan fingerprint density at radius 3 is 2.42 bits per heavy atom. The van der Waals surface area contributed by atoms with Crippen LogP contribution in [0.25, 0.3) is 0 Å².